The van der Waals surface area contributed by atoms with Crippen molar-refractivity contribution in [1.29, 1.82) is 0 Å². The largest absolute Gasteiger partial charge is 0.493 e. The fourth-order valence-electron chi connectivity index (χ4n) is 4.28. The molecule has 1 aromatic heterocycles. The number of carbonyl (C=O) groups is 2. The zero-order valence-corrected chi connectivity index (χ0v) is 22.0. The van der Waals surface area contributed by atoms with Gasteiger partial charge >= 0.3 is 6.18 Å². The monoisotopic (exact) mass is 580 g/mol. The first-order chi connectivity index (χ1) is 18.2. The van der Waals surface area contributed by atoms with Gasteiger partial charge in [-0.05, 0) is 13.0 Å². The van der Waals surface area contributed by atoms with E-state index in [0.29, 0.717) is 0 Å². The van der Waals surface area contributed by atoms with E-state index in [2.05, 4.69) is 33.6 Å². The molecule has 16 heteroatoms. The molecule has 39 heavy (non-hydrogen) atoms. The van der Waals surface area contributed by atoms with Gasteiger partial charge in [0.05, 0.1) is 7.11 Å². The van der Waals surface area contributed by atoms with Crippen molar-refractivity contribution in [2.75, 3.05) is 30.0 Å². The van der Waals surface area contributed by atoms with Gasteiger partial charge in [0.2, 0.25) is 11.7 Å². The molecule has 1 aromatic carbocycles. The van der Waals surface area contributed by atoms with Gasteiger partial charge in [0.25, 0.3) is 5.91 Å². The summed E-state index contributed by atoms with van der Waals surface area (Å²) in [5, 5.41) is 9.03. The molecule has 4 atom stereocenters. The van der Waals surface area contributed by atoms with E-state index in [1.54, 1.807) is 0 Å². The predicted octanol–water partition coefficient (Wildman–Crippen LogP) is 3.11. The summed E-state index contributed by atoms with van der Waals surface area (Å²) in [6.45, 7) is 2.04. The number of nitrogens with zero attached hydrogens (tertiary/aromatic N) is 1. The summed E-state index contributed by atoms with van der Waals surface area (Å²) in [4.78, 5) is 29.0. The Labute approximate surface area is 226 Å². The highest BCUT2D eigenvalue weighted by atomic mass is 32.1. The molecule has 2 heterocycles. The number of pyridine rings is 1. The number of nitrogens with two attached hydrogens (primary N) is 3. The van der Waals surface area contributed by atoms with Crippen LogP contribution < -0.4 is 32.0 Å². The number of alkyl halides is 3. The molecule has 216 valence electrons. The molecule has 0 bridgehead atoms. The van der Waals surface area contributed by atoms with Crippen LogP contribution in [-0.2, 0) is 14.3 Å². The minimum Gasteiger partial charge on any atom is -0.493 e. The molecule has 0 spiro atoms. The Hall–Kier alpha value is -3.21. The quantitative estimate of drug-likeness (QED) is 0.215. The maximum atomic E-state index is 14.5. The molecule has 2 aromatic rings. The normalized spacial score (nSPS) is 22.5. The maximum absolute atomic E-state index is 14.5. The molecule has 0 aliphatic carbocycles. The van der Waals surface area contributed by atoms with Crippen molar-refractivity contribution in [2.24, 2.45) is 16.8 Å². The Morgan fingerprint density at radius 1 is 1.21 bits per heavy atom. The van der Waals surface area contributed by atoms with E-state index in [1.165, 1.54) is 19.1 Å². The molecule has 0 radical (unpaired) electrons. The number of thiol groups is 1. The van der Waals surface area contributed by atoms with E-state index in [0.717, 1.165) is 26.2 Å². The number of halogens is 5. The Bertz CT molecular complexity index is 1200. The second-order valence-electron chi connectivity index (χ2n) is 8.68. The van der Waals surface area contributed by atoms with Crippen LogP contribution in [0.3, 0.4) is 0 Å². The third-order valence-electron chi connectivity index (χ3n) is 6.32. The van der Waals surface area contributed by atoms with Gasteiger partial charge < -0.3 is 31.6 Å². The van der Waals surface area contributed by atoms with E-state index >= 15 is 0 Å². The zero-order chi connectivity index (χ0) is 29.7. The second kappa shape index (κ2) is 12.8. The van der Waals surface area contributed by atoms with Gasteiger partial charge in [0.1, 0.15) is 17.7 Å². The van der Waals surface area contributed by atoms with Crippen LogP contribution >= 0.6 is 12.8 Å². The predicted molar refractivity (Wildman–Crippen MR) is 137 cm³/mol. The van der Waals surface area contributed by atoms with Crippen LogP contribution in [0.25, 0.3) is 0 Å². The van der Waals surface area contributed by atoms with Gasteiger partial charge in [-0.3, -0.25) is 14.7 Å². The number of rotatable bonds is 7. The number of hydrogen-bond acceptors (Lipinski definition) is 9. The number of aromatic nitrogens is 1. The lowest BCUT2D eigenvalue weighted by Gasteiger charge is -2.32. The standard InChI is InChI=1S/C23H26F5N5O4.H3NS/c1-10-17(12-4-5-13(24)18(25)19(12)36-3)20(37-22(10,2)23(26,27)28)21(35)31-11-8-14(30)32-15(9-11)33-16(34)6-7-29;1-2/h4-5,8-10,17,20H,6-7,29H2,1-3H3,(H4,30,31,32,33,34,35);2H,1H2/t10?,17?,20-,22-;/m1./s1. The molecule has 2 unspecified atom stereocenters. The summed E-state index contributed by atoms with van der Waals surface area (Å²) in [6, 6.07) is 4.24. The van der Waals surface area contributed by atoms with Gasteiger partial charge in [-0.15, -0.1) is 12.8 Å². The van der Waals surface area contributed by atoms with Crippen LogP contribution in [-0.4, -0.2) is 48.3 Å². The van der Waals surface area contributed by atoms with E-state index in [9.17, 15) is 31.5 Å². The summed E-state index contributed by atoms with van der Waals surface area (Å²) in [7, 11) is 1.03. The van der Waals surface area contributed by atoms with Crippen LogP contribution in [0.1, 0.15) is 31.7 Å². The molecule has 1 fully saturated rings. The minimum atomic E-state index is -4.91. The van der Waals surface area contributed by atoms with Crippen LogP contribution in [0.2, 0.25) is 0 Å². The van der Waals surface area contributed by atoms with Crippen molar-refractivity contribution in [3.05, 3.63) is 41.5 Å². The lowest BCUT2D eigenvalue weighted by molar-refractivity contribution is -0.272. The number of carbonyl (C=O) groups excluding carboxylic acids is 2. The number of anilines is 3. The van der Waals surface area contributed by atoms with Gasteiger partial charge in [-0.2, -0.15) is 17.6 Å². The molecule has 8 N–H and O–H groups in total. The third-order valence-corrected chi connectivity index (χ3v) is 6.32. The highest BCUT2D eigenvalue weighted by molar-refractivity contribution is 7.77. The molecule has 1 aliphatic heterocycles. The van der Waals surface area contributed by atoms with Gasteiger partial charge in [0, 0.05) is 48.2 Å². The number of nitrogen functional groups attached to an aromatic ring is 1. The van der Waals surface area contributed by atoms with E-state index < -0.39 is 58.9 Å². The van der Waals surface area contributed by atoms with Crippen LogP contribution in [0, 0.1) is 17.6 Å². The summed E-state index contributed by atoms with van der Waals surface area (Å²) in [5.74, 6) is -7.78. The summed E-state index contributed by atoms with van der Waals surface area (Å²) < 4.78 is 80.8. The van der Waals surface area contributed by atoms with Crippen molar-refractivity contribution in [3.8, 4) is 5.75 Å². The molecule has 2 amide bonds. The Kier molecular flexibility index (Phi) is 10.5. The third kappa shape index (κ3) is 6.69. The first-order valence-corrected chi connectivity index (χ1v) is 11.9. The maximum Gasteiger partial charge on any atom is 0.417 e. The highest BCUT2D eigenvalue weighted by Crippen LogP contribution is 2.55. The van der Waals surface area contributed by atoms with Gasteiger partial charge in [-0.25, -0.2) is 9.37 Å². The lowest BCUT2D eigenvalue weighted by Crippen LogP contribution is -2.47. The fraction of sp³-hybridized carbons (Fsp3) is 0.435. The number of benzene rings is 1. The molecule has 1 aliphatic rings. The molecular formula is C23H29F5N6O4S. The number of nitrogens with one attached hydrogen (secondary N) is 2. The van der Waals surface area contributed by atoms with E-state index in [-0.39, 0.29) is 35.9 Å². The average molecular weight is 581 g/mol. The van der Waals surface area contributed by atoms with Crippen LogP contribution in [0.15, 0.2) is 24.3 Å². The SMILES string of the molecule is COc1c(C2C(C)[C@](C)(C(F)(F)F)O[C@H]2C(=O)Nc2cc(N)nc(NC(=O)CCN)c2)ccc(F)c1F.NS. The molecule has 1 saturated heterocycles. The molecule has 0 saturated carbocycles. The summed E-state index contributed by atoms with van der Waals surface area (Å²) >= 11 is 3.03. The number of ether oxygens (including phenoxy) is 2. The second-order valence-corrected chi connectivity index (χ2v) is 8.68. The van der Waals surface area contributed by atoms with E-state index in [4.69, 9.17) is 20.9 Å². The van der Waals surface area contributed by atoms with Crippen LogP contribution in [0.4, 0.5) is 39.3 Å². The number of hydrogen-bond donors (Lipinski definition) is 6. The number of methoxy groups -OCH3 is 1. The van der Waals surface area contributed by atoms with Crippen molar-refractivity contribution in [2.45, 2.75) is 44.1 Å². The first kappa shape index (κ1) is 32.0. The van der Waals surface area contributed by atoms with Gasteiger partial charge in [-0.1, -0.05) is 13.0 Å². The Balaban J connectivity index is 0.00000260. The summed E-state index contributed by atoms with van der Waals surface area (Å²) in [6.07, 6.45) is -6.72. The van der Waals surface area contributed by atoms with Crippen molar-refractivity contribution in [3.63, 3.8) is 0 Å². The summed E-state index contributed by atoms with van der Waals surface area (Å²) in [5.41, 5.74) is 8.07. The first-order valence-electron chi connectivity index (χ1n) is 11.3. The molecule has 3 rings (SSSR count). The lowest BCUT2D eigenvalue weighted by atomic mass is 9.77. The van der Waals surface area contributed by atoms with E-state index in [1.807, 2.05) is 0 Å². The number of amides is 2. The van der Waals surface area contributed by atoms with Crippen molar-refractivity contribution >= 4 is 42.0 Å². The Morgan fingerprint density at radius 3 is 2.41 bits per heavy atom. The minimum absolute atomic E-state index is 0.00610. The molecular weight excluding hydrogens is 551 g/mol. The molecule has 10 nitrogen and oxygen atoms in total. The van der Waals surface area contributed by atoms with Gasteiger partial charge in [0.15, 0.2) is 17.2 Å². The Morgan fingerprint density at radius 2 is 1.85 bits per heavy atom. The average Bonchev–Trinajstić information content (AvgIpc) is 3.13. The van der Waals surface area contributed by atoms with Crippen molar-refractivity contribution in [1.82, 2.24) is 4.98 Å². The zero-order valence-electron chi connectivity index (χ0n) is 21.1. The van der Waals surface area contributed by atoms with Crippen molar-refractivity contribution < 1.29 is 41.0 Å². The van der Waals surface area contributed by atoms with Crippen LogP contribution in [0.5, 0.6) is 5.75 Å². The highest BCUT2D eigenvalue weighted by Gasteiger charge is 2.65. The topological polar surface area (TPSA) is 168 Å². The smallest absolute Gasteiger partial charge is 0.417 e. The fourth-order valence-corrected chi connectivity index (χ4v) is 4.28.